The van der Waals surface area contributed by atoms with Gasteiger partial charge in [-0.1, -0.05) is 0 Å². The average molecular weight is 154 g/mol. The predicted octanol–water partition coefficient (Wildman–Crippen LogP) is 0.571. The molecular weight excluding hydrogens is 144 g/mol. The molecule has 4 nitrogen and oxygen atoms in total. The molecule has 1 aromatic carbocycles. The molecule has 0 aromatic heterocycles. The Morgan fingerprint density at radius 3 is 2.27 bits per heavy atom. The van der Waals surface area contributed by atoms with Crippen LogP contribution in [-0.2, 0) is 0 Å². The van der Waals surface area contributed by atoms with Crippen molar-refractivity contribution in [3.8, 4) is 11.5 Å². The minimum absolute atomic E-state index is 0.0301. The first-order valence-corrected chi connectivity index (χ1v) is 3.10. The Kier molecular flexibility index (Phi) is 1.53. The second kappa shape index (κ2) is 2.23. The molecule has 0 aliphatic rings. The molecule has 1 rings (SSSR count). The van der Waals surface area contributed by atoms with Crippen molar-refractivity contribution in [1.29, 1.82) is 0 Å². The van der Waals surface area contributed by atoms with Gasteiger partial charge in [-0.25, -0.2) is 0 Å². The average Bonchev–Trinajstić information content (AvgIpc) is 1.97. The van der Waals surface area contributed by atoms with Crippen LogP contribution in [0.4, 0.5) is 11.4 Å². The van der Waals surface area contributed by atoms with E-state index in [1.807, 2.05) is 0 Å². The molecule has 11 heavy (non-hydrogen) atoms. The van der Waals surface area contributed by atoms with Gasteiger partial charge in [-0.05, 0) is 18.6 Å². The van der Waals surface area contributed by atoms with Crippen LogP contribution in [0.15, 0.2) is 6.07 Å². The van der Waals surface area contributed by atoms with Crippen LogP contribution >= 0.6 is 0 Å². The van der Waals surface area contributed by atoms with Crippen molar-refractivity contribution in [1.82, 2.24) is 0 Å². The molecule has 0 fully saturated rings. The largest absolute Gasteiger partial charge is 0.504 e. The maximum atomic E-state index is 9.06. The molecule has 0 bridgehead atoms. The number of nitrogens with two attached hydrogens (primary N) is 2. The molecule has 0 unspecified atom stereocenters. The molecule has 0 spiro atoms. The fourth-order valence-corrected chi connectivity index (χ4v) is 0.829. The number of hydrogen-bond acceptors (Lipinski definition) is 4. The summed E-state index contributed by atoms with van der Waals surface area (Å²) in [4.78, 5) is 0. The molecule has 0 amide bonds. The molecule has 6 N–H and O–H groups in total. The first-order chi connectivity index (χ1) is 5.04. The number of aryl methyl sites for hydroxylation is 1. The van der Waals surface area contributed by atoms with Crippen LogP contribution in [0.2, 0.25) is 0 Å². The Morgan fingerprint density at radius 2 is 1.73 bits per heavy atom. The highest BCUT2D eigenvalue weighted by atomic mass is 16.3. The summed E-state index contributed by atoms with van der Waals surface area (Å²) >= 11 is 0. The minimum atomic E-state index is -0.354. The third kappa shape index (κ3) is 1.02. The standard InChI is InChI=1S/C7H10N2O2/c1-3-2-4(10)7(11)6(9)5(3)8/h2,10-11H,8-9H2,1H3. The number of aromatic hydroxyl groups is 2. The summed E-state index contributed by atoms with van der Waals surface area (Å²) in [5.41, 5.74) is 11.8. The van der Waals surface area contributed by atoms with Crippen molar-refractivity contribution < 1.29 is 10.2 Å². The third-order valence-corrected chi connectivity index (χ3v) is 1.57. The summed E-state index contributed by atoms with van der Waals surface area (Å²) in [5, 5.41) is 18.1. The highest BCUT2D eigenvalue weighted by Crippen LogP contribution is 2.37. The zero-order valence-electron chi connectivity index (χ0n) is 6.13. The number of nitrogen functional groups attached to an aromatic ring is 2. The van der Waals surface area contributed by atoms with E-state index in [1.54, 1.807) is 6.92 Å². The summed E-state index contributed by atoms with van der Waals surface area (Å²) in [6.07, 6.45) is 0. The summed E-state index contributed by atoms with van der Waals surface area (Å²) in [6, 6.07) is 1.36. The lowest BCUT2D eigenvalue weighted by molar-refractivity contribution is 0.405. The molecule has 1 aromatic rings. The Morgan fingerprint density at radius 1 is 1.18 bits per heavy atom. The van der Waals surface area contributed by atoms with Crippen molar-refractivity contribution in [3.05, 3.63) is 11.6 Å². The Balaban J connectivity index is 3.46. The first kappa shape index (κ1) is 7.53. The van der Waals surface area contributed by atoms with Gasteiger partial charge in [0.05, 0.1) is 5.69 Å². The van der Waals surface area contributed by atoms with Crippen molar-refractivity contribution in [2.45, 2.75) is 6.92 Å². The van der Waals surface area contributed by atoms with Crippen LogP contribution in [0, 0.1) is 6.92 Å². The van der Waals surface area contributed by atoms with Gasteiger partial charge >= 0.3 is 0 Å². The second-order valence-corrected chi connectivity index (χ2v) is 2.39. The van der Waals surface area contributed by atoms with Crippen molar-refractivity contribution >= 4 is 11.4 Å². The van der Waals surface area contributed by atoms with Crippen LogP contribution in [0.25, 0.3) is 0 Å². The molecule has 0 radical (unpaired) electrons. The highest BCUT2D eigenvalue weighted by Gasteiger charge is 2.08. The van der Waals surface area contributed by atoms with Crippen molar-refractivity contribution in [2.24, 2.45) is 0 Å². The summed E-state index contributed by atoms with van der Waals surface area (Å²) in [6.45, 7) is 1.70. The smallest absolute Gasteiger partial charge is 0.183 e. The predicted molar refractivity (Wildman–Crippen MR) is 43.3 cm³/mol. The van der Waals surface area contributed by atoms with E-state index in [0.29, 0.717) is 11.3 Å². The third-order valence-electron chi connectivity index (χ3n) is 1.57. The number of hydrogen-bond donors (Lipinski definition) is 4. The van der Waals surface area contributed by atoms with Gasteiger partial charge in [0.25, 0.3) is 0 Å². The lowest BCUT2D eigenvalue weighted by Crippen LogP contribution is -1.97. The topological polar surface area (TPSA) is 92.5 Å². The second-order valence-electron chi connectivity index (χ2n) is 2.39. The van der Waals surface area contributed by atoms with Crippen LogP contribution in [-0.4, -0.2) is 10.2 Å². The number of rotatable bonds is 0. The number of phenols is 2. The normalized spacial score (nSPS) is 9.91. The SMILES string of the molecule is Cc1cc(O)c(O)c(N)c1N. The number of benzene rings is 1. The zero-order chi connectivity index (χ0) is 8.59. The van der Waals surface area contributed by atoms with Gasteiger partial charge in [-0.15, -0.1) is 0 Å². The summed E-state index contributed by atoms with van der Waals surface area (Å²) in [7, 11) is 0. The van der Waals surface area contributed by atoms with E-state index in [2.05, 4.69) is 0 Å². The molecule has 0 saturated carbocycles. The van der Waals surface area contributed by atoms with E-state index < -0.39 is 0 Å². The van der Waals surface area contributed by atoms with E-state index >= 15 is 0 Å². The van der Waals surface area contributed by atoms with Gasteiger partial charge in [-0.2, -0.15) is 0 Å². The van der Waals surface area contributed by atoms with Gasteiger partial charge in [0.15, 0.2) is 11.5 Å². The van der Waals surface area contributed by atoms with Crippen molar-refractivity contribution in [3.63, 3.8) is 0 Å². The summed E-state index contributed by atoms with van der Waals surface area (Å²) < 4.78 is 0. The van der Waals surface area contributed by atoms with Crippen LogP contribution in [0.5, 0.6) is 11.5 Å². The van der Waals surface area contributed by atoms with Crippen molar-refractivity contribution in [2.75, 3.05) is 11.5 Å². The monoisotopic (exact) mass is 154 g/mol. The highest BCUT2D eigenvalue weighted by molar-refractivity contribution is 5.77. The minimum Gasteiger partial charge on any atom is -0.504 e. The summed E-state index contributed by atoms with van der Waals surface area (Å²) in [5.74, 6) is -0.595. The molecule has 60 valence electrons. The van der Waals surface area contributed by atoms with Gasteiger partial charge in [-0.3, -0.25) is 0 Å². The van der Waals surface area contributed by atoms with Gasteiger partial charge in [0, 0.05) is 0 Å². The fraction of sp³-hybridized carbons (Fsp3) is 0.143. The van der Waals surface area contributed by atoms with Crippen LogP contribution in [0.3, 0.4) is 0 Å². The van der Waals surface area contributed by atoms with E-state index in [4.69, 9.17) is 21.7 Å². The van der Waals surface area contributed by atoms with E-state index in [1.165, 1.54) is 6.07 Å². The molecule has 4 heteroatoms. The lowest BCUT2D eigenvalue weighted by Gasteiger charge is -2.07. The van der Waals surface area contributed by atoms with E-state index in [-0.39, 0.29) is 17.2 Å². The molecular formula is C7H10N2O2. The Labute approximate surface area is 64.1 Å². The molecule has 0 saturated heterocycles. The van der Waals surface area contributed by atoms with Crippen LogP contribution in [0.1, 0.15) is 5.56 Å². The number of anilines is 2. The lowest BCUT2D eigenvalue weighted by atomic mass is 10.1. The van der Waals surface area contributed by atoms with Gasteiger partial charge < -0.3 is 21.7 Å². The van der Waals surface area contributed by atoms with Gasteiger partial charge in [0.2, 0.25) is 0 Å². The molecule has 0 aliphatic heterocycles. The first-order valence-electron chi connectivity index (χ1n) is 3.10. The maximum Gasteiger partial charge on any atom is 0.183 e. The zero-order valence-corrected chi connectivity index (χ0v) is 6.13. The molecule has 0 atom stereocenters. The van der Waals surface area contributed by atoms with E-state index in [9.17, 15) is 0 Å². The van der Waals surface area contributed by atoms with Gasteiger partial charge in [0.1, 0.15) is 5.69 Å². The fourth-order valence-electron chi connectivity index (χ4n) is 0.829. The quantitative estimate of drug-likeness (QED) is 0.250. The maximum absolute atomic E-state index is 9.06. The Bertz CT molecular complexity index is 271. The van der Waals surface area contributed by atoms with E-state index in [0.717, 1.165) is 0 Å². The molecule has 0 aliphatic carbocycles. The molecule has 0 heterocycles. The Hall–Kier alpha value is -1.58. The van der Waals surface area contributed by atoms with Crippen LogP contribution < -0.4 is 11.5 Å². The number of phenolic OH excluding ortho intramolecular Hbond substituents is 2.